The van der Waals surface area contributed by atoms with Crippen LogP contribution in [0, 0.1) is 0 Å². The van der Waals surface area contributed by atoms with Crippen LogP contribution in [-0.2, 0) is 14.3 Å². The number of ether oxygens (including phenoxy) is 1. The minimum absolute atomic E-state index is 0.0353. The Bertz CT molecular complexity index is 435. The van der Waals surface area contributed by atoms with Crippen LogP contribution >= 0.6 is 23.2 Å². The second kappa shape index (κ2) is 6.47. The topological polar surface area (TPSA) is 55.4 Å². The van der Waals surface area contributed by atoms with E-state index in [0.717, 1.165) is 0 Å². The maximum atomic E-state index is 11.5. The smallest absolute Gasteiger partial charge is 0.306 e. The van der Waals surface area contributed by atoms with Gasteiger partial charge in [-0.25, -0.2) is 0 Å². The molecule has 4 nitrogen and oxygen atoms in total. The highest BCUT2D eigenvalue weighted by Gasteiger charge is 2.09. The lowest BCUT2D eigenvalue weighted by molar-refractivity contribution is -0.141. The molecule has 0 aromatic heterocycles. The van der Waals surface area contributed by atoms with Crippen molar-refractivity contribution in [3.8, 4) is 0 Å². The molecule has 92 valence electrons. The highest BCUT2D eigenvalue weighted by molar-refractivity contribution is 6.36. The molecule has 0 saturated carbocycles. The van der Waals surface area contributed by atoms with Crippen LogP contribution in [0.3, 0.4) is 0 Å². The van der Waals surface area contributed by atoms with Crippen molar-refractivity contribution >= 4 is 40.8 Å². The van der Waals surface area contributed by atoms with Crippen molar-refractivity contribution in [2.75, 3.05) is 12.4 Å². The molecular formula is C11H11Cl2NO3. The first-order chi connectivity index (χ1) is 8.02. The summed E-state index contributed by atoms with van der Waals surface area (Å²) in [5.41, 5.74) is 0.464. The number of hydrogen-bond donors (Lipinski definition) is 1. The molecular weight excluding hydrogens is 265 g/mol. The first-order valence-corrected chi connectivity index (χ1v) is 5.60. The van der Waals surface area contributed by atoms with Gasteiger partial charge in [-0.05, 0) is 18.2 Å². The van der Waals surface area contributed by atoms with Crippen molar-refractivity contribution in [1.29, 1.82) is 0 Å². The van der Waals surface area contributed by atoms with E-state index in [9.17, 15) is 9.59 Å². The third-order valence-electron chi connectivity index (χ3n) is 1.99. The zero-order valence-electron chi connectivity index (χ0n) is 9.13. The summed E-state index contributed by atoms with van der Waals surface area (Å²) in [5, 5.41) is 3.42. The number of benzene rings is 1. The van der Waals surface area contributed by atoms with E-state index in [0.29, 0.717) is 15.7 Å². The number of amides is 1. The summed E-state index contributed by atoms with van der Waals surface area (Å²) >= 11 is 11.6. The SMILES string of the molecule is COC(=O)CCC(=O)Nc1ccc(Cl)cc1Cl. The zero-order chi connectivity index (χ0) is 12.8. The van der Waals surface area contributed by atoms with Gasteiger partial charge in [0.05, 0.1) is 24.2 Å². The van der Waals surface area contributed by atoms with E-state index < -0.39 is 5.97 Å². The average molecular weight is 276 g/mol. The molecule has 1 rings (SSSR count). The second-order valence-electron chi connectivity index (χ2n) is 3.25. The summed E-state index contributed by atoms with van der Waals surface area (Å²) in [7, 11) is 1.27. The lowest BCUT2D eigenvalue weighted by Gasteiger charge is -2.06. The van der Waals surface area contributed by atoms with Crippen LogP contribution in [0.15, 0.2) is 18.2 Å². The summed E-state index contributed by atoms with van der Waals surface area (Å²) < 4.78 is 4.43. The molecule has 0 heterocycles. The fraction of sp³-hybridized carbons (Fsp3) is 0.273. The van der Waals surface area contributed by atoms with Crippen LogP contribution in [0.4, 0.5) is 5.69 Å². The largest absolute Gasteiger partial charge is 0.469 e. The van der Waals surface area contributed by atoms with Crippen molar-refractivity contribution in [2.24, 2.45) is 0 Å². The maximum Gasteiger partial charge on any atom is 0.306 e. The maximum absolute atomic E-state index is 11.5. The van der Waals surface area contributed by atoms with Gasteiger partial charge in [-0.1, -0.05) is 23.2 Å². The number of hydrogen-bond acceptors (Lipinski definition) is 3. The van der Waals surface area contributed by atoms with Crippen molar-refractivity contribution < 1.29 is 14.3 Å². The molecule has 0 saturated heterocycles. The molecule has 0 atom stereocenters. The molecule has 1 amide bonds. The first-order valence-electron chi connectivity index (χ1n) is 4.84. The number of esters is 1. The molecule has 0 aliphatic rings. The minimum atomic E-state index is -0.428. The quantitative estimate of drug-likeness (QED) is 0.860. The number of carbonyl (C=O) groups excluding carboxylic acids is 2. The van der Waals surface area contributed by atoms with Crippen molar-refractivity contribution in [3.63, 3.8) is 0 Å². The molecule has 1 aromatic carbocycles. The average Bonchev–Trinajstić information content (AvgIpc) is 2.29. The van der Waals surface area contributed by atoms with E-state index in [1.807, 2.05) is 0 Å². The predicted molar refractivity (Wildman–Crippen MR) is 66.3 cm³/mol. The third-order valence-corrected chi connectivity index (χ3v) is 2.54. The van der Waals surface area contributed by atoms with Gasteiger partial charge in [0, 0.05) is 11.4 Å². The molecule has 6 heteroatoms. The number of halogens is 2. The van der Waals surface area contributed by atoms with Gasteiger partial charge in [-0.15, -0.1) is 0 Å². The van der Waals surface area contributed by atoms with E-state index in [2.05, 4.69) is 10.1 Å². The number of carbonyl (C=O) groups is 2. The van der Waals surface area contributed by atoms with Crippen LogP contribution < -0.4 is 5.32 Å². The van der Waals surface area contributed by atoms with E-state index in [1.54, 1.807) is 12.1 Å². The van der Waals surface area contributed by atoms with Gasteiger partial charge in [0.1, 0.15) is 0 Å². The Morgan fingerprint density at radius 1 is 1.29 bits per heavy atom. The molecule has 17 heavy (non-hydrogen) atoms. The van der Waals surface area contributed by atoms with Gasteiger partial charge in [0.2, 0.25) is 5.91 Å². The normalized spacial score (nSPS) is 9.82. The second-order valence-corrected chi connectivity index (χ2v) is 4.09. The summed E-state index contributed by atoms with van der Waals surface area (Å²) in [6.45, 7) is 0. The van der Waals surface area contributed by atoms with Crippen LogP contribution in [-0.4, -0.2) is 19.0 Å². The Kier molecular flexibility index (Phi) is 5.25. The highest BCUT2D eigenvalue weighted by atomic mass is 35.5. The number of rotatable bonds is 4. The molecule has 0 spiro atoms. The van der Waals surface area contributed by atoms with Crippen molar-refractivity contribution in [2.45, 2.75) is 12.8 Å². The lowest BCUT2D eigenvalue weighted by atomic mass is 10.2. The Morgan fingerprint density at radius 2 is 2.00 bits per heavy atom. The minimum Gasteiger partial charge on any atom is -0.469 e. The summed E-state index contributed by atoms with van der Waals surface area (Å²) in [4.78, 5) is 22.3. The van der Waals surface area contributed by atoms with Crippen LogP contribution in [0.2, 0.25) is 10.0 Å². The first kappa shape index (κ1) is 13.8. The van der Waals surface area contributed by atoms with Gasteiger partial charge in [-0.3, -0.25) is 9.59 Å². The van der Waals surface area contributed by atoms with Gasteiger partial charge in [-0.2, -0.15) is 0 Å². The Morgan fingerprint density at radius 3 is 2.59 bits per heavy atom. The number of nitrogens with one attached hydrogen (secondary N) is 1. The molecule has 0 bridgehead atoms. The van der Waals surface area contributed by atoms with Gasteiger partial charge in [0.15, 0.2) is 0 Å². The number of methoxy groups -OCH3 is 1. The van der Waals surface area contributed by atoms with E-state index in [4.69, 9.17) is 23.2 Å². The molecule has 0 unspecified atom stereocenters. The van der Waals surface area contributed by atoms with Crippen LogP contribution in [0.5, 0.6) is 0 Å². The molecule has 0 aliphatic heterocycles. The number of anilines is 1. The summed E-state index contributed by atoms with van der Waals surface area (Å²) in [6.07, 6.45) is 0.0825. The standard InChI is InChI=1S/C11H11Cl2NO3/c1-17-11(16)5-4-10(15)14-9-3-2-7(12)6-8(9)13/h2-3,6H,4-5H2,1H3,(H,14,15). The van der Waals surface area contributed by atoms with Crippen LogP contribution in [0.1, 0.15) is 12.8 Å². The lowest BCUT2D eigenvalue weighted by Crippen LogP contribution is -2.14. The zero-order valence-corrected chi connectivity index (χ0v) is 10.6. The monoisotopic (exact) mass is 275 g/mol. The molecule has 0 radical (unpaired) electrons. The molecule has 1 aromatic rings. The van der Waals surface area contributed by atoms with E-state index >= 15 is 0 Å². The Labute approximate surface area is 109 Å². The predicted octanol–water partition coefficient (Wildman–Crippen LogP) is 2.89. The van der Waals surface area contributed by atoms with E-state index in [-0.39, 0.29) is 18.7 Å². The molecule has 0 fully saturated rings. The van der Waals surface area contributed by atoms with Crippen molar-refractivity contribution in [1.82, 2.24) is 0 Å². The van der Waals surface area contributed by atoms with E-state index in [1.165, 1.54) is 13.2 Å². The summed E-state index contributed by atoms with van der Waals surface area (Å²) in [5.74, 6) is -0.734. The van der Waals surface area contributed by atoms with Gasteiger partial charge >= 0.3 is 5.97 Å². The van der Waals surface area contributed by atoms with Gasteiger partial charge in [0.25, 0.3) is 0 Å². The van der Waals surface area contributed by atoms with Gasteiger partial charge < -0.3 is 10.1 Å². The fourth-order valence-electron chi connectivity index (χ4n) is 1.12. The summed E-state index contributed by atoms with van der Waals surface area (Å²) in [6, 6.07) is 4.74. The highest BCUT2D eigenvalue weighted by Crippen LogP contribution is 2.25. The third kappa shape index (κ3) is 4.63. The Balaban J connectivity index is 2.53. The Hall–Kier alpha value is -1.26. The fourth-order valence-corrected chi connectivity index (χ4v) is 1.58. The molecule has 1 N–H and O–H groups in total. The van der Waals surface area contributed by atoms with Crippen LogP contribution in [0.25, 0.3) is 0 Å². The molecule has 0 aliphatic carbocycles. The van der Waals surface area contributed by atoms with Crippen molar-refractivity contribution in [3.05, 3.63) is 28.2 Å².